The summed E-state index contributed by atoms with van der Waals surface area (Å²) in [6.45, 7) is -0.614. The summed E-state index contributed by atoms with van der Waals surface area (Å²) in [5.41, 5.74) is -1.45. The van der Waals surface area contributed by atoms with Crippen LogP contribution in [0, 0.1) is 10.1 Å². The van der Waals surface area contributed by atoms with E-state index in [1.165, 1.54) is 48.2 Å². The number of non-ortho nitro benzene ring substituents is 1. The molecule has 0 heterocycles. The van der Waals surface area contributed by atoms with Crippen LogP contribution in [0.15, 0.2) is 48.5 Å². The average molecular weight is 456 g/mol. The van der Waals surface area contributed by atoms with Crippen LogP contribution in [-0.2, 0) is 22.3 Å². The fourth-order valence-electron chi connectivity index (χ4n) is 2.66. The number of rotatable bonds is 9. The van der Waals surface area contributed by atoms with Gasteiger partial charge in [-0.2, -0.15) is 24.9 Å². The number of ether oxygens (including phenoxy) is 1. The third-order valence-electron chi connectivity index (χ3n) is 4.21. The van der Waals surface area contributed by atoms with Gasteiger partial charge < -0.3 is 10.1 Å². The Morgan fingerprint density at radius 2 is 1.90 bits per heavy atom. The van der Waals surface area contributed by atoms with Gasteiger partial charge >= 0.3 is 12.1 Å². The second kappa shape index (κ2) is 10.8. The SMILES string of the molecule is CSCCC(NC(=O)c1cccc([N+](=O)[O-])c1)C(=O)OCc1ccccc1C(F)(F)F. The van der Waals surface area contributed by atoms with E-state index in [1.54, 1.807) is 6.26 Å². The average Bonchev–Trinajstić information content (AvgIpc) is 2.74. The summed E-state index contributed by atoms with van der Waals surface area (Å²) in [5.74, 6) is -1.17. The zero-order chi connectivity index (χ0) is 23.0. The maximum atomic E-state index is 13.1. The summed E-state index contributed by atoms with van der Waals surface area (Å²) < 4.78 is 44.3. The minimum Gasteiger partial charge on any atom is -0.459 e. The standard InChI is InChI=1S/C20H19F3N2O5S/c1-31-10-9-17(24-18(26)13-6-4-7-15(11-13)25(28)29)19(27)30-12-14-5-2-3-8-16(14)20(21,22)23/h2-8,11,17H,9-10,12H2,1H3,(H,24,26). The van der Waals surface area contributed by atoms with Crippen molar-refractivity contribution < 1.29 is 32.4 Å². The van der Waals surface area contributed by atoms with Gasteiger partial charge in [-0.15, -0.1) is 0 Å². The summed E-state index contributed by atoms with van der Waals surface area (Å²) in [6.07, 6.45) is -2.65. The molecule has 31 heavy (non-hydrogen) atoms. The Morgan fingerprint density at radius 1 is 1.19 bits per heavy atom. The predicted octanol–water partition coefficient (Wildman–Crippen LogP) is 4.21. The van der Waals surface area contributed by atoms with E-state index < -0.39 is 41.2 Å². The van der Waals surface area contributed by atoms with Gasteiger partial charge in [0, 0.05) is 23.3 Å². The number of esters is 1. The van der Waals surface area contributed by atoms with Gasteiger partial charge in [0.25, 0.3) is 11.6 Å². The lowest BCUT2D eigenvalue weighted by molar-refractivity contribution is -0.384. The highest BCUT2D eigenvalue weighted by atomic mass is 32.2. The molecule has 0 fully saturated rings. The number of thioether (sulfide) groups is 1. The summed E-state index contributed by atoms with van der Waals surface area (Å²) in [6, 6.07) is 8.54. The number of nitro benzene ring substituents is 1. The van der Waals surface area contributed by atoms with Crippen molar-refractivity contribution in [3.63, 3.8) is 0 Å². The molecule has 0 saturated heterocycles. The number of halogens is 3. The second-order valence-electron chi connectivity index (χ2n) is 6.38. The third-order valence-corrected chi connectivity index (χ3v) is 4.86. The van der Waals surface area contributed by atoms with Crippen LogP contribution in [0.2, 0.25) is 0 Å². The van der Waals surface area contributed by atoms with Crippen LogP contribution in [-0.4, -0.2) is 34.9 Å². The molecule has 2 rings (SSSR count). The van der Waals surface area contributed by atoms with Crippen LogP contribution in [0.3, 0.4) is 0 Å². The molecule has 1 atom stereocenters. The van der Waals surface area contributed by atoms with Crippen molar-refractivity contribution in [2.75, 3.05) is 12.0 Å². The minimum atomic E-state index is -4.60. The molecule has 1 N–H and O–H groups in total. The Morgan fingerprint density at radius 3 is 2.55 bits per heavy atom. The molecule has 0 aliphatic carbocycles. The molecule has 1 amide bonds. The van der Waals surface area contributed by atoms with Gasteiger partial charge in [0.2, 0.25) is 0 Å². The van der Waals surface area contributed by atoms with Crippen molar-refractivity contribution in [1.82, 2.24) is 5.32 Å². The summed E-state index contributed by atoms with van der Waals surface area (Å²) >= 11 is 1.40. The zero-order valence-electron chi connectivity index (χ0n) is 16.3. The van der Waals surface area contributed by atoms with Crippen molar-refractivity contribution in [2.45, 2.75) is 25.2 Å². The van der Waals surface area contributed by atoms with Crippen LogP contribution < -0.4 is 5.32 Å². The van der Waals surface area contributed by atoms with Gasteiger partial charge in [-0.3, -0.25) is 14.9 Å². The van der Waals surface area contributed by atoms with Gasteiger partial charge in [-0.05, 0) is 30.6 Å². The molecule has 0 radical (unpaired) electrons. The molecule has 0 saturated carbocycles. The predicted molar refractivity (Wildman–Crippen MR) is 109 cm³/mol. The van der Waals surface area contributed by atoms with Crippen molar-refractivity contribution >= 4 is 29.3 Å². The highest BCUT2D eigenvalue weighted by Crippen LogP contribution is 2.32. The lowest BCUT2D eigenvalue weighted by Crippen LogP contribution is -2.42. The van der Waals surface area contributed by atoms with E-state index in [1.807, 2.05) is 0 Å². The number of hydrogen-bond donors (Lipinski definition) is 1. The van der Waals surface area contributed by atoms with Crippen LogP contribution in [0.25, 0.3) is 0 Å². The smallest absolute Gasteiger partial charge is 0.416 e. The summed E-state index contributed by atoms with van der Waals surface area (Å²) in [5, 5.41) is 13.3. The largest absolute Gasteiger partial charge is 0.459 e. The molecule has 2 aromatic carbocycles. The van der Waals surface area contributed by atoms with E-state index in [0.717, 1.165) is 12.1 Å². The second-order valence-corrected chi connectivity index (χ2v) is 7.36. The molecule has 7 nitrogen and oxygen atoms in total. The molecule has 0 aliphatic heterocycles. The first-order valence-corrected chi connectivity index (χ1v) is 10.4. The zero-order valence-corrected chi connectivity index (χ0v) is 17.2. The first-order valence-electron chi connectivity index (χ1n) is 8.99. The molecule has 0 bridgehead atoms. The number of carbonyl (C=O) groups excluding carboxylic acids is 2. The monoisotopic (exact) mass is 456 g/mol. The number of nitro groups is 1. The molecular formula is C20H19F3N2O5S. The van der Waals surface area contributed by atoms with Crippen LogP contribution in [0.4, 0.5) is 18.9 Å². The first-order chi connectivity index (χ1) is 14.6. The number of amides is 1. The maximum Gasteiger partial charge on any atom is 0.416 e. The number of alkyl halides is 3. The van der Waals surface area contributed by atoms with Gasteiger partial charge in [0.1, 0.15) is 12.6 Å². The minimum absolute atomic E-state index is 0.0291. The van der Waals surface area contributed by atoms with E-state index >= 15 is 0 Å². The van der Waals surface area contributed by atoms with Crippen LogP contribution in [0.1, 0.15) is 27.9 Å². The van der Waals surface area contributed by atoms with Crippen LogP contribution >= 0.6 is 11.8 Å². The fraction of sp³-hybridized carbons (Fsp3) is 0.300. The van der Waals surface area contributed by atoms with Crippen LogP contribution in [0.5, 0.6) is 0 Å². The Balaban J connectivity index is 2.12. The Hall–Kier alpha value is -3.08. The van der Waals surface area contributed by atoms with Gasteiger partial charge in [-0.1, -0.05) is 24.3 Å². The molecule has 11 heteroatoms. The lowest BCUT2D eigenvalue weighted by Gasteiger charge is -2.18. The first kappa shape index (κ1) is 24.2. The summed E-state index contributed by atoms with van der Waals surface area (Å²) in [4.78, 5) is 35.2. The van der Waals surface area contributed by atoms with Gasteiger partial charge in [0.05, 0.1) is 10.5 Å². The van der Waals surface area contributed by atoms with Gasteiger partial charge in [-0.25, -0.2) is 4.79 Å². The molecule has 0 spiro atoms. The van der Waals surface area contributed by atoms with Crippen molar-refractivity contribution in [1.29, 1.82) is 0 Å². The fourth-order valence-corrected chi connectivity index (χ4v) is 3.13. The van der Waals surface area contributed by atoms with E-state index in [4.69, 9.17) is 4.74 Å². The molecule has 2 aromatic rings. The maximum absolute atomic E-state index is 13.1. The summed E-state index contributed by atoms with van der Waals surface area (Å²) in [7, 11) is 0. The van der Waals surface area contributed by atoms with Gasteiger partial charge in [0.15, 0.2) is 0 Å². The Labute approximate surface area is 180 Å². The number of nitrogens with one attached hydrogen (secondary N) is 1. The third kappa shape index (κ3) is 6.99. The lowest BCUT2D eigenvalue weighted by atomic mass is 10.1. The Kier molecular flexibility index (Phi) is 8.43. The number of benzene rings is 2. The highest BCUT2D eigenvalue weighted by Gasteiger charge is 2.33. The molecule has 1 unspecified atom stereocenters. The number of nitrogens with zero attached hydrogens (tertiary/aromatic N) is 1. The van der Waals surface area contributed by atoms with E-state index in [9.17, 15) is 32.9 Å². The van der Waals surface area contributed by atoms with E-state index in [-0.39, 0.29) is 23.2 Å². The normalized spacial score (nSPS) is 12.1. The topological polar surface area (TPSA) is 98.5 Å². The van der Waals surface area contributed by atoms with E-state index in [0.29, 0.717) is 5.75 Å². The number of carbonyl (C=O) groups is 2. The molecule has 0 aromatic heterocycles. The molecule has 0 aliphatic rings. The van der Waals surface area contributed by atoms with Crippen molar-refractivity contribution in [2.24, 2.45) is 0 Å². The quantitative estimate of drug-likeness (QED) is 0.345. The van der Waals surface area contributed by atoms with E-state index in [2.05, 4.69) is 5.32 Å². The molecule has 166 valence electrons. The highest BCUT2D eigenvalue weighted by molar-refractivity contribution is 7.98. The Bertz CT molecular complexity index is 952. The molecular weight excluding hydrogens is 437 g/mol. The van der Waals surface area contributed by atoms with Crippen molar-refractivity contribution in [3.05, 3.63) is 75.3 Å². The van der Waals surface area contributed by atoms with Crippen molar-refractivity contribution in [3.8, 4) is 0 Å². The number of hydrogen-bond acceptors (Lipinski definition) is 6.